The van der Waals surface area contributed by atoms with Crippen molar-refractivity contribution >= 4 is 47.6 Å². The van der Waals surface area contributed by atoms with Gasteiger partial charge in [-0.2, -0.15) is 52.7 Å². The van der Waals surface area contributed by atoms with Crippen LogP contribution in [-0.2, 0) is 63.7 Å². The summed E-state index contributed by atoms with van der Waals surface area (Å²) in [6, 6.07) is 10.9. The number of nitrogens with zero attached hydrogens (tertiary/aromatic N) is 4. The zero-order valence-corrected chi connectivity index (χ0v) is 35.7. The van der Waals surface area contributed by atoms with Crippen LogP contribution in [0, 0.1) is 0 Å². The molecule has 0 unspecified atom stereocenters. The van der Waals surface area contributed by atoms with Crippen LogP contribution in [0.3, 0.4) is 0 Å². The van der Waals surface area contributed by atoms with Gasteiger partial charge >= 0.3 is 63.7 Å². The van der Waals surface area contributed by atoms with Crippen LogP contribution in [0.1, 0.15) is 44.5 Å². The van der Waals surface area contributed by atoms with Crippen molar-refractivity contribution < 1.29 is 112 Å². The summed E-state index contributed by atoms with van der Waals surface area (Å²) in [6.45, 7) is 0. The van der Waals surface area contributed by atoms with Gasteiger partial charge in [-0.25, -0.2) is 0 Å². The van der Waals surface area contributed by atoms with Crippen LogP contribution >= 0.6 is 0 Å². The van der Waals surface area contributed by atoms with Gasteiger partial charge in [-0.3, -0.25) is 20.0 Å². The predicted molar refractivity (Wildman–Crippen MR) is 179 cm³/mol. The first-order valence-electron chi connectivity index (χ1n) is 15.8. The normalized spacial score (nSPS) is 12.7. The zero-order chi connectivity index (χ0) is 42.8. The minimum Gasteiger partial charge on any atom is -0.872 e. The molecule has 0 bridgehead atoms. The molecule has 0 heterocycles. The summed E-state index contributed by atoms with van der Waals surface area (Å²) < 4.78 is 161. The molecular formula is C38H18F12N4O4Zn2. The fourth-order valence-electron chi connectivity index (χ4n) is 5.04. The number of alkyl halides is 12. The van der Waals surface area contributed by atoms with Crippen LogP contribution < -0.4 is 20.4 Å². The number of hydrogen-bond acceptors (Lipinski definition) is 8. The molecule has 22 heteroatoms. The Morgan fingerprint density at radius 2 is 0.517 bits per heavy atom. The molecule has 0 fully saturated rings. The zero-order valence-electron chi connectivity index (χ0n) is 29.8. The van der Waals surface area contributed by atoms with Gasteiger partial charge in [-0.05, 0) is 34.4 Å². The summed E-state index contributed by atoms with van der Waals surface area (Å²) >= 11 is 0. The molecule has 0 saturated carbocycles. The van der Waals surface area contributed by atoms with Gasteiger partial charge in [0.15, 0.2) is 0 Å². The minimum absolute atomic E-state index is 0. The Labute approximate surface area is 355 Å². The summed E-state index contributed by atoms with van der Waals surface area (Å²) in [7, 11) is 0. The number of hydrogen-bond donors (Lipinski definition) is 0. The third-order valence-corrected chi connectivity index (χ3v) is 7.85. The van der Waals surface area contributed by atoms with Crippen LogP contribution in [0.5, 0.6) is 23.0 Å². The molecule has 0 amide bonds. The molecule has 0 saturated heterocycles. The Morgan fingerprint density at radius 1 is 0.333 bits per heavy atom. The second kappa shape index (κ2) is 18.8. The van der Waals surface area contributed by atoms with Crippen molar-refractivity contribution in [3.63, 3.8) is 0 Å². The van der Waals surface area contributed by atoms with Crippen molar-refractivity contribution in [3.05, 3.63) is 129 Å². The molecular weight excluding hydrogens is 935 g/mol. The third kappa shape index (κ3) is 11.4. The predicted octanol–water partition coefficient (Wildman–Crippen LogP) is 9.05. The summed E-state index contributed by atoms with van der Waals surface area (Å²) in [5, 5.41) is 50.4. The maximum absolute atomic E-state index is 13.4. The second-order valence-electron chi connectivity index (χ2n) is 11.7. The Hall–Kier alpha value is -5.61. The molecule has 8 nitrogen and oxygen atoms in total. The fraction of sp³-hybridized carbons (Fsp3) is 0.105. The van der Waals surface area contributed by atoms with E-state index in [9.17, 15) is 73.1 Å². The monoisotopic (exact) mass is 950 g/mol. The molecule has 0 aliphatic heterocycles. The van der Waals surface area contributed by atoms with Gasteiger partial charge in [0.05, 0.1) is 22.7 Å². The van der Waals surface area contributed by atoms with Crippen LogP contribution in [0.2, 0.25) is 0 Å². The van der Waals surface area contributed by atoms with Gasteiger partial charge in [0.25, 0.3) is 0 Å². The van der Waals surface area contributed by atoms with Crippen LogP contribution in [0.25, 0.3) is 0 Å². The number of para-hydroxylation sites is 4. The molecule has 5 aromatic rings. The van der Waals surface area contributed by atoms with Crippen molar-refractivity contribution in [1.29, 1.82) is 0 Å². The van der Waals surface area contributed by atoms with E-state index in [0.717, 1.165) is 60.7 Å². The summed E-state index contributed by atoms with van der Waals surface area (Å²) in [6.07, 6.45) is -17.9. The first kappa shape index (κ1) is 48.8. The standard InChI is InChI=1S/C38H22F12N4O4.2Zn/c39-35(40,41)23-9-1-5-19(31(23)55)15-51-27-13-29(53-17-21-7-3-11-25(33(21)57)37(45,46)47)30(54-18-22-8-4-12-26(34(22)58)38(48,49)50)14-28(27)52-16-20-6-2-10-24(32(20)56)36(42,43)44;;/h1-18,55-58H;;/q;2*+2/p-4. The van der Waals surface area contributed by atoms with Gasteiger partial charge in [0.1, 0.15) is 0 Å². The van der Waals surface area contributed by atoms with Crippen molar-refractivity contribution in [3.8, 4) is 23.0 Å². The van der Waals surface area contributed by atoms with Crippen LogP contribution in [0.15, 0.2) is 105 Å². The van der Waals surface area contributed by atoms with Crippen molar-refractivity contribution in [1.82, 2.24) is 0 Å². The summed E-state index contributed by atoms with van der Waals surface area (Å²) in [5.74, 6) is -6.15. The first-order chi connectivity index (χ1) is 27.0. The maximum atomic E-state index is 13.4. The molecule has 0 radical (unpaired) electrons. The van der Waals surface area contributed by atoms with Gasteiger partial charge in [-0.1, -0.05) is 95.8 Å². The van der Waals surface area contributed by atoms with E-state index in [4.69, 9.17) is 0 Å². The first-order valence-corrected chi connectivity index (χ1v) is 15.8. The second-order valence-corrected chi connectivity index (χ2v) is 11.7. The van der Waals surface area contributed by atoms with E-state index in [-0.39, 0.29) is 39.0 Å². The van der Waals surface area contributed by atoms with E-state index in [0.29, 0.717) is 49.1 Å². The van der Waals surface area contributed by atoms with E-state index in [1.807, 2.05) is 0 Å². The topological polar surface area (TPSA) is 142 Å². The molecule has 0 atom stereocenters. The number of halogens is 12. The largest absolute Gasteiger partial charge is 2.00 e. The Balaban J connectivity index is 0.00000480. The van der Waals surface area contributed by atoms with Crippen molar-refractivity contribution in [2.24, 2.45) is 20.0 Å². The molecule has 0 aliphatic carbocycles. The SMILES string of the molecule is [O-]c1c(C=Nc2cc(N=Cc3cccc(C(F)(F)F)c3[O-])c(N=Cc3cccc(C(F)(F)F)c3[O-])cc2N=Cc2cccc(C(F)(F)F)c2[O-])cccc1C(F)(F)F.[Zn+2].[Zn+2]. The quantitative estimate of drug-likeness (QED) is 0.0870. The molecule has 302 valence electrons. The van der Waals surface area contributed by atoms with Crippen LogP contribution in [-0.4, -0.2) is 24.9 Å². The molecule has 0 spiro atoms. The number of benzene rings is 5. The molecule has 60 heavy (non-hydrogen) atoms. The number of rotatable bonds is 8. The van der Waals surface area contributed by atoms with E-state index in [1.165, 1.54) is 0 Å². The fourth-order valence-corrected chi connectivity index (χ4v) is 5.04. The van der Waals surface area contributed by atoms with E-state index in [2.05, 4.69) is 20.0 Å². The molecule has 0 aliphatic rings. The summed E-state index contributed by atoms with van der Waals surface area (Å²) in [4.78, 5) is 15.9. The number of aliphatic imine (C=N–C) groups is 4. The Morgan fingerprint density at radius 3 is 0.683 bits per heavy atom. The van der Waals surface area contributed by atoms with Crippen LogP contribution in [0.4, 0.5) is 75.4 Å². The van der Waals surface area contributed by atoms with E-state index >= 15 is 0 Å². The van der Waals surface area contributed by atoms with Crippen molar-refractivity contribution in [2.45, 2.75) is 24.7 Å². The van der Waals surface area contributed by atoms with Gasteiger partial charge in [0, 0.05) is 47.1 Å². The van der Waals surface area contributed by atoms with Crippen molar-refractivity contribution in [2.75, 3.05) is 0 Å². The third-order valence-electron chi connectivity index (χ3n) is 7.85. The smallest absolute Gasteiger partial charge is 0.872 e. The van der Waals surface area contributed by atoms with E-state index in [1.54, 1.807) is 0 Å². The molecule has 0 aromatic heterocycles. The van der Waals surface area contributed by atoms with E-state index < -0.39 is 115 Å². The average molecular weight is 953 g/mol. The Kier molecular flexibility index (Phi) is 15.2. The minimum atomic E-state index is -5.09. The summed E-state index contributed by atoms with van der Waals surface area (Å²) in [5.41, 5.74) is -10.9. The average Bonchev–Trinajstić information content (AvgIpc) is 3.11. The van der Waals surface area contributed by atoms with Gasteiger partial charge in [-0.15, -0.1) is 0 Å². The molecule has 0 N–H and O–H groups in total. The molecule has 5 rings (SSSR count). The maximum Gasteiger partial charge on any atom is 2.00 e. The van der Waals surface area contributed by atoms with Gasteiger partial charge in [0.2, 0.25) is 0 Å². The Bertz CT molecular complexity index is 2150. The van der Waals surface area contributed by atoms with Gasteiger partial charge < -0.3 is 20.4 Å². The molecule has 5 aromatic carbocycles.